The number of aliphatic carboxylic acids is 3. The van der Waals surface area contributed by atoms with Crippen LogP contribution in [0.3, 0.4) is 0 Å². The molecule has 0 spiro atoms. The molecule has 44 heavy (non-hydrogen) atoms. The predicted molar refractivity (Wildman–Crippen MR) is 154 cm³/mol. The van der Waals surface area contributed by atoms with Crippen LogP contribution in [0, 0.1) is 0 Å². The summed E-state index contributed by atoms with van der Waals surface area (Å²) in [5.74, 6) is -6.89. The molecule has 4 atom stereocenters. The smallest absolute Gasteiger partial charge is 0.326 e. The molecule has 0 saturated carbocycles. The minimum atomic E-state index is -1.53. The number of hydrogen-bond donors (Lipinski definition) is 9. The number of para-hydroxylation sites is 1. The minimum Gasteiger partial charge on any atom is -0.508 e. The van der Waals surface area contributed by atoms with E-state index in [-0.39, 0.29) is 18.6 Å². The summed E-state index contributed by atoms with van der Waals surface area (Å²) in [4.78, 5) is 76.7. The molecule has 0 fully saturated rings. The molecule has 1 aromatic heterocycles. The Morgan fingerprint density at radius 2 is 1.36 bits per heavy atom. The van der Waals surface area contributed by atoms with Crippen LogP contribution < -0.4 is 21.7 Å². The highest BCUT2D eigenvalue weighted by atomic mass is 16.4. The Bertz CT molecular complexity index is 1520. The van der Waals surface area contributed by atoms with Gasteiger partial charge in [0.15, 0.2) is 0 Å². The maximum atomic E-state index is 13.5. The second kappa shape index (κ2) is 15.2. The van der Waals surface area contributed by atoms with Crippen molar-refractivity contribution in [2.45, 2.75) is 56.3 Å². The molecular formula is C29H33N5O10. The fourth-order valence-electron chi connectivity index (χ4n) is 4.44. The average molecular weight is 612 g/mol. The van der Waals surface area contributed by atoms with Gasteiger partial charge in [-0.2, -0.15) is 0 Å². The van der Waals surface area contributed by atoms with Gasteiger partial charge in [-0.15, -0.1) is 0 Å². The lowest BCUT2D eigenvalue weighted by Crippen LogP contribution is -2.58. The first kappa shape index (κ1) is 33.1. The van der Waals surface area contributed by atoms with Crippen molar-refractivity contribution in [3.63, 3.8) is 0 Å². The molecule has 2 aromatic carbocycles. The summed E-state index contributed by atoms with van der Waals surface area (Å²) in [5, 5.41) is 45.3. The third-order valence-electron chi connectivity index (χ3n) is 6.73. The Labute approximate surface area is 250 Å². The van der Waals surface area contributed by atoms with Crippen LogP contribution >= 0.6 is 0 Å². The van der Waals surface area contributed by atoms with Gasteiger partial charge in [0, 0.05) is 36.4 Å². The van der Waals surface area contributed by atoms with Gasteiger partial charge in [-0.05, 0) is 35.7 Å². The molecule has 3 amide bonds. The van der Waals surface area contributed by atoms with E-state index >= 15 is 0 Å². The van der Waals surface area contributed by atoms with Gasteiger partial charge in [-0.25, -0.2) is 4.79 Å². The van der Waals surface area contributed by atoms with Crippen LogP contribution in [0.15, 0.2) is 54.7 Å². The van der Waals surface area contributed by atoms with Gasteiger partial charge < -0.3 is 47.1 Å². The molecule has 10 N–H and O–H groups in total. The molecule has 234 valence electrons. The number of carboxylic acids is 3. The SMILES string of the molecule is NC(CC(=O)O)C(=O)NC(CCC(=O)O)C(=O)NC(Cc1c[nH]c2ccccc12)C(=O)NC(Cc1ccc(O)cc1)C(=O)O. The number of amides is 3. The van der Waals surface area contributed by atoms with Gasteiger partial charge >= 0.3 is 17.9 Å². The molecule has 1 heterocycles. The summed E-state index contributed by atoms with van der Waals surface area (Å²) in [7, 11) is 0. The minimum absolute atomic E-state index is 0.0281. The van der Waals surface area contributed by atoms with Crippen LogP contribution in [0.25, 0.3) is 10.9 Å². The lowest BCUT2D eigenvalue weighted by molar-refractivity contribution is -0.142. The number of carbonyl (C=O) groups excluding carboxylic acids is 3. The number of nitrogens with two attached hydrogens (primary N) is 1. The standard InChI is InChI=1S/C29H33N5O10/c30-19(13-25(38)39)26(40)32-21(9-10-24(36)37)27(41)33-22(12-16-14-31-20-4-2-1-3-18(16)20)28(42)34-23(29(43)44)11-15-5-7-17(35)8-6-15/h1-8,14,19,21-23,31,35H,9-13,30H2,(H,32,40)(H,33,41)(H,34,42)(H,36,37)(H,38,39)(H,43,44). The molecule has 4 unspecified atom stereocenters. The van der Waals surface area contributed by atoms with Crippen LogP contribution in [0.5, 0.6) is 5.75 Å². The van der Waals surface area contributed by atoms with E-state index in [9.17, 15) is 39.0 Å². The van der Waals surface area contributed by atoms with Crippen molar-refractivity contribution in [2.75, 3.05) is 0 Å². The molecule has 3 aromatic rings. The highest BCUT2D eigenvalue weighted by Gasteiger charge is 2.31. The Morgan fingerprint density at radius 3 is 2.00 bits per heavy atom. The predicted octanol–water partition coefficient (Wildman–Crippen LogP) is -0.135. The topological polar surface area (TPSA) is 261 Å². The summed E-state index contributed by atoms with van der Waals surface area (Å²) in [6.45, 7) is 0. The van der Waals surface area contributed by atoms with Crippen LogP contribution in [0.4, 0.5) is 0 Å². The van der Waals surface area contributed by atoms with E-state index in [1.165, 1.54) is 24.3 Å². The maximum absolute atomic E-state index is 13.5. The fourth-order valence-corrected chi connectivity index (χ4v) is 4.44. The molecule has 0 bridgehead atoms. The van der Waals surface area contributed by atoms with Crippen LogP contribution in [0.1, 0.15) is 30.4 Å². The molecule has 0 aliphatic carbocycles. The molecule has 0 aliphatic heterocycles. The fraction of sp³-hybridized carbons (Fsp3) is 0.310. The number of aromatic nitrogens is 1. The number of carboxylic acid groups (broad SMARTS) is 3. The van der Waals surface area contributed by atoms with E-state index < -0.39 is 79.1 Å². The number of rotatable bonds is 16. The number of aromatic amines is 1. The Hall–Kier alpha value is -5.44. The Morgan fingerprint density at radius 1 is 0.750 bits per heavy atom. The number of benzene rings is 2. The number of H-pyrrole nitrogens is 1. The zero-order chi connectivity index (χ0) is 32.4. The largest absolute Gasteiger partial charge is 0.508 e. The van der Waals surface area contributed by atoms with Crippen molar-refractivity contribution in [2.24, 2.45) is 5.73 Å². The molecule has 15 heteroatoms. The van der Waals surface area contributed by atoms with Crippen LogP contribution in [0.2, 0.25) is 0 Å². The van der Waals surface area contributed by atoms with Crippen LogP contribution in [-0.2, 0) is 41.6 Å². The normalized spacial score (nSPS) is 13.7. The summed E-state index contributed by atoms with van der Waals surface area (Å²) in [6.07, 6.45) is -0.357. The molecule has 0 radical (unpaired) electrons. The van der Waals surface area contributed by atoms with E-state index in [2.05, 4.69) is 20.9 Å². The third kappa shape index (κ3) is 9.55. The molecular weight excluding hydrogens is 578 g/mol. The van der Waals surface area contributed by atoms with Crippen molar-refractivity contribution < 1.29 is 49.2 Å². The Kier molecular flexibility index (Phi) is 11.4. The number of aromatic hydroxyl groups is 1. The summed E-state index contributed by atoms with van der Waals surface area (Å²) >= 11 is 0. The quantitative estimate of drug-likeness (QED) is 0.103. The van der Waals surface area contributed by atoms with Crippen molar-refractivity contribution in [1.29, 1.82) is 0 Å². The highest BCUT2D eigenvalue weighted by Crippen LogP contribution is 2.20. The van der Waals surface area contributed by atoms with E-state index in [0.717, 1.165) is 10.9 Å². The second-order valence-electron chi connectivity index (χ2n) is 10.1. The zero-order valence-corrected chi connectivity index (χ0v) is 23.4. The second-order valence-corrected chi connectivity index (χ2v) is 10.1. The van der Waals surface area contributed by atoms with E-state index in [1.807, 2.05) is 0 Å². The highest BCUT2D eigenvalue weighted by molar-refractivity contribution is 5.95. The number of nitrogens with one attached hydrogen (secondary N) is 4. The number of phenols is 1. The third-order valence-corrected chi connectivity index (χ3v) is 6.73. The monoisotopic (exact) mass is 611 g/mol. The van der Waals surface area contributed by atoms with E-state index in [0.29, 0.717) is 11.1 Å². The summed E-state index contributed by atoms with van der Waals surface area (Å²) in [6, 6.07) is 6.99. The number of carbonyl (C=O) groups is 6. The van der Waals surface area contributed by atoms with Crippen LogP contribution in [-0.4, -0.2) is 85.2 Å². The van der Waals surface area contributed by atoms with Crippen molar-refractivity contribution in [3.05, 3.63) is 65.9 Å². The lowest BCUT2D eigenvalue weighted by atomic mass is 10.0. The van der Waals surface area contributed by atoms with Gasteiger partial charge in [0.25, 0.3) is 0 Å². The molecule has 15 nitrogen and oxygen atoms in total. The first-order chi connectivity index (χ1) is 20.8. The van der Waals surface area contributed by atoms with Crippen molar-refractivity contribution >= 4 is 46.5 Å². The molecule has 0 saturated heterocycles. The number of phenolic OH excluding ortho intramolecular Hbond substituents is 1. The zero-order valence-electron chi connectivity index (χ0n) is 23.4. The molecule has 0 aliphatic rings. The maximum Gasteiger partial charge on any atom is 0.326 e. The summed E-state index contributed by atoms with van der Waals surface area (Å²) in [5.41, 5.74) is 7.43. The van der Waals surface area contributed by atoms with Crippen molar-refractivity contribution in [3.8, 4) is 5.75 Å². The van der Waals surface area contributed by atoms with Gasteiger partial charge in [-0.1, -0.05) is 30.3 Å². The van der Waals surface area contributed by atoms with Gasteiger partial charge in [0.1, 0.15) is 23.9 Å². The average Bonchev–Trinajstić information content (AvgIpc) is 3.37. The first-order valence-electron chi connectivity index (χ1n) is 13.5. The number of fused-ring (bicyclic) bond motifs is 1. The van der Waals surface area contributed by atoms with E-state index in [4.69, 9.17) is 15.9 Å². The van der Waals surface area contributed by atoms with Gasteiger partial charge in [0.2, 0.25) is 17.7 Å². The molecule has 3 rings (SSSR count). The summed E-state index contributed by atoms with van der Waals surface area (Å²) < 4.78 is 0. The van der Waals surface area contributed by atoms with Crippen molar-refractivity contribution in [1.82, 2.24) is 20.9 Å². The number of hydrogen-bond acceptors (Lipinski definition) is 8. The first-order valence-corrected chi connectivity index (χ1v) is 13.5. The lowest BCUT2D eigenvalue weighted by Gasteiger charge is -2.25. The van der Waals surface area contributed by atoms with E-state index in [1.54, 1.807) is 30.5 Å². The van der Waals surface area contributed by atoms with Gasteiger partial charge in [-0.3, -0.25) is 24.0 Å². The van der Waals surface area contributed by atoms with Gasteiger partial charge in [0.05, 0.1) is 12.5 Å². The Balaban J connectivity index is 1.87.